The van der Waals surface area contributed by atoms with Crippen LogP contribution in [0.25, 0.3) is 6.08 Å². The van der Waals surface area contributed by atoms with Crippen LogP contribution in [0.4, 0.5) is 0 Å². The molecule has 0 atom stereocenters. The monoisotopic (exact) mass is 445 g/mol. The predicted molar refractivity (Wildman–Crippen MR) is 131 cm³/mol. The number of carbonyl (C=O) groups is 1. The molecule has 1 amide bonds. The number of rotatable bonds is 4. The summed E-state index contributed by atoms with van der Waals surface area (Å²) in [4.78, 5) is 17.1. The minimum atomic E-state index is -0.360. The third-order valence-electron chi connectivity index (χ3n) is 6.52. The Bertz CT molecular complexity index is 1170. The highest BCUT2D eigenvalue weighted by atomic mass is 32.2. The molecule has 1 fully saturated rings. The zero-order valence-electron chi connectivity index (χ0n) is 18.5. The van der Waals surface area contributed by atoms with Gasteiger partial charge in [0, 0.05) is 23.9 Å². The molecule has 6 nitrogen and oxygen atoms in total. The Morgan fingerprint density at radius 1 is 1.16 bits per heavy atom. The average molecular weight is 446 g/mol. The van der Waals surface area contributed by atoms with Gasteiger partial charge in [-0.3, -0.25) is 10.2 Å². The van der Waals surface area contributed by atoms with Gasteiger partial charge in [0.25, 0.3) is 5.91 Å². The number of hydrogen-bond acceptors (Lipinski definition) is 4. The molecule has 0 saturated heterocycles. The lowest BCUT2D eigenvalue weighted by atomic mass is 9.90. The summed E-state index contributed by atoms with van der Waals surface area (Å²) in [6.07, 6.45) is 7.78. The first-order valence-corrected chi connectivity index (χ1v) is 12.0. The average Bonchev–Trinajstić information content (AvgIpc) is 3.34. The van der Waals surface area contributed by atoms with Gasteiger partial charge in [0.05, 0.1) is 5.57 Å². The molecular weight excluding hydrogens is 418 g/mol. The molecule has 3 aliphatic rings. The smallest absolute Gasteiger partial charge is 0.283 e. The summed E-state index contributed by atoms with van der Waals surface area (Å²) >= 11 is 1.46. The minimum absolute atomic E-state index is 0.117. The topological polar surface area (TPSA) is 73.8 Å². The number of benzene rings is 1. The van der Waals surface area contributed by atoms with Gasteiger partial charge in [-0.2, -0.15) is 15.1 Å². The SMILES string of the molecule is Cc1cc(/C=C2/C(=N)N3N=C(C4CCCCC4)SC3=NC2=O)c(C)n1Cc1ccccc1. The molecule has 2 aliphatic heterocycles. The number of aromatic nitrogens is 1. The summed E-state index contributed by atoms with van der Waals surface area (Å²) in [5, 5.41) is 16.5. The molecule has 1 N–H and O–H groups in total. The number of hydrogen-bond donors (Lipinski definition) is 1. The Kier molecular flexibility index (Phi) is 5.59. The summed E-state index contributed by atoms with van der Waals surface area (Å²) in [6, 6.07) is 12.4. The fraction of sp³-hybridized carbons (Fsp3) is 0.360. The van der Waals surface area contributed by atoms with Crippen LogP contribution >= 0.6 is 11.8 Å². The maximum absolute atomic E-state index is 12.8. The number of nitrogens with zero attached hydrogens (tertiary/aromatic N) is 4. The molecule has 1 aliphatic carbocycles. The largest absolute Gasteiger partial charge is 0.344 e. The number of hydrazone groups is 1. The molecule has 0 bridgehead atoms. The second kappa shape index (κ2) is 8.54. The van der Waals surface area contributed by atoms with E-state index in [9.17, 15) is 4.79 Å². The number of amidine groups is 2. The quantitative estimate of drug-likeness (QED) is 0.645. The molecular formula is C25H27N5OS. The summed E-state index contributed by atoms with van der Waals surface area (Å²) in [5.74, 6) is 0.183. The van der Waals surface area contributed by atoms with E-state index in [2.05, 4.69) is 41.6 Å². The number of aliphatic imine (C=N–C) groups is 1. The Morgan fingerprint density at radius 3 is 2.66 bits per heavy atom. The van der Waals surface area contributed by atoms with Crippen molar-refractivity contribution in [2.24, 2.45) is 16.0 Å². The van der Waals surface area contributed by atoms with E-state index in [1.165, 1.54) is 36.6 Å². The van der Waals surface area contributed by atoms with Crippen LogP contribution in [0.2, 0.25) is 0 Å². The van der Waals surface area contributed by atoms with Gasteiger partial charge in [0.15, 0.2) is 5.84 Å². The number of nitrogens with one attached hydrogen (secondary N) is 1. The van der Waals surface area contributed by atoms with Crippen LogP contribution in [0.5, 0.6) is 0 Å². The fourth-order valence-electron chi connectivity index (χ4n) is 4.66. The van der Waals surface area contributed by atoms with Crippen molar-refractivity contribution in [3.63, 3.8) is 0 Å². The maximum Gasteiger partial charge on any atom is 0.283 e. The van der Waals surface area contributed by atoms with Crippen LogP contribution in [0.15, 0.2) is 52.1 Å². The van der Waals surface area contributed by atoms with Crippen molar-refractivity contribution in [3.05, 3.63) is 64.5 Å². The molecule has 5 rings (SSSR count). The van der Waals surface area contributed by atoms with E-state index < -0.39 is 0 Å². The molecule has 3 heterocycles. The molecule has 0 spiro atoms. The second-order valence-electron chi connectivity index (χ2n) is 8.69. The first kappa shape index (κ1) is 20.9. The standard InChI is InChI=1S/C25H27N5OS/c1-16-13-20(17(2)29(16)15-18-9-5-3-6-10-18)14-21-22(26)30-25(27-23(21)31)32-24(28-30)19-11-7-4-8-12-19/h3,5-6,9-10,13-14,19,26H,4,7-8,11-12,15H2,1-2H3/b21-14-,26-22?. The van der Waals surface area contributed by atoms with E-state index in [0.717, 1.165) is 41.4 Å². The van der Waals surface area contributed by atoms with Gasteiger partial charge in [-0.15, -0.1) is 0 Å². The van der Waals surface area contributed by atoms with E-state index in [-0.39, 0.29) is 11.7 Å². The predicted octanol–water partition coefficient (Wildman–Crippen LogP) is 5.35. The van der Waals surface area contributed by atoms with Crippen molar-refractivity contribution in [1.82, 2.24) is 9.58 Å². The number of amides is 1. The maximum atomic E-state index is 12.8. The van der Waals surface area contributed by atoms with E-state index in [0.29, 0.717) is 16.7 Å². The van der Waals surface area contributed by atoms with Gasteiger partial charge in [-0.1, -0.05) is 49.6 Å². The van der Waals surface area contributed by atoms with Gasteiger partial charge in [-0.25, -0.2) is 0 Å². The molecule has 1 aromatic carbocycles. The fourth-order valence-corrected chi connectivity index (χ4v) is 5.72. The molecule has 2 aromatic rings. The summed E-state index contributed by atoms with van der Waals surface area (Å²) < 4.78 is 2.23. The lowest BCUT2D eigenvalue weighted by molar-refractivity contribution is -0.114. The van der Waals surface area contributed by atoms with E-state index >= 15 is 0 Å². The molecule has 1 aromatic heterocycles. The zero-order chi connectivity index (χ0) is 22.2. The van der Waals surface area contributed by atoms with Crippen molar-refractivity contribution in [2.75, 3.05) is 0 Å². The van der Waals surface area contributed by atoms with Crippen LogP contribution in [-0.4, -0.2) is 31.5 Å². The number of fused-ring (bicyclic) bond motifs is 1. The van der Waals surface area contributed by atoms with Crippen molar-refractivity contribution in [3.8, 4) is 0 Å². The molecule has 32 heavy (non-hydrogen) atoms. The lowest BCUT2D eigenvalue weighted by Gasteiger charge is -2.20. The van der Waals surface area contributed by atoms with Crippen molar-refractivity contribution in [1.29, 1.82) is 5.41 Å². The van der Waals surface area contributed by atoms with Gasteiger partial charge in [0.2, 0.25) is 5.17 Å². The highest BCUT2D eigenvalue weighted by Gasteiger charge is 2.38. The number of thioether (sulfide) groups is 1. The van der Waals surface area contributed by atoms with Crippen LogP contribution < -0.4 is 0 Å². The highest BCUT2D eigenvalue weighted by Crippen LogP contribution is 2.36. The Hall–Kier alpha value is -2.93. The Labute approximate surface area is 192 Å². The Morgan fingerprint density at radius 2 is 1.91 bits per heavy atom. The second-order valence-corrected chi connectivity index (χ2v) is 9.68. The molecule has 1 saturated carbocycles. The third kappa shape index (κ3) is 3.86. The van der Waals surface area contributed by atoms with Gasteiger partial charge < -0.3 is 4.57 Å². The van der Waals surface area contributed by atoms with Crippen molar-refractivity contribution >= 4 is 39.8 Å². The number of aryl methyl sites for hydroxylation is 1. The minimum Gasteiger partial charge on any atom is -0.344 e. The highest BCUT2D eigenvalue weighted by molar-refractivity contribution is 8.27. The van der Waals surface area contributed by atoms with Crippen molar-refractivity contribution in [2.45, 2.75) is 52.5 Å². The normalized spacial score (nSPS) is 20.6. The first-order chi connectivity index (χ1) is 15.5. The first-order valence-electron chi connectivity index (χ1n) is 11.2. The van der Waals surface area contributed by atoms with Gasteiger partial charge >= 0.3 is 0 Å². The summed E-state index contributed by atoms with van der Waals surface area (Å²) in [7, 11) is 0. The molecule has 0 unspecified atom stereocenters. The van der Waals surface area contributed by atoms with E-state index in [4.69, 9.17) is 10.5 Å². The van der Waals surface area contributed by atoms with Gasteiger partial charge in [-0.05, 0) is 61.7 Å². The van der Waals surface area contributed by atoms with E-state index in [1.54, 1.807) is 11.1 Å². The molecule has 164 valence electrons. The third-order valence-corrected chi connectivity index (χ3v) is 7.59. The van der Waals surface area contributed by atoms with Crippen molar-refractivity contribution < 1.29 is 4.79 Å². The Balaban J connectivity index is 1.43. The van der Waals surface area contributed by atoms with Crippen LogP contribution in [0.3, 0.4) is 0 Å². The summed E-state index contributed by atoms with van der Waals surface area (Å²) in [5.41, 5.74) is 4.64. The van der Waals surface area contributed by atoms with Crippen LogP contribution in [0, 0.1) is 25.2 Å². The van der Waals surface area contributed by atoms with Gasteiger partial charge in [0.1, 0.15) is 5.04 Å². The molecule has 0 radical (unpaired) electrons. The zero-order valence-corrected chi connectivity index (χ0v) is 19.3. The summed E-state index contributed by atoms with van der Waals surface area (Å²) in [6.45, 7) is 4.90. The number of carbonyl (C=O) groups excluding carboxylic acids is 1. The molecule has 7 heteroatoms. The lowest BCUT2D eigenvalue weighted by Crippen LogP contribution is -2.35. The van der Waals surface area contributed by atoms with Crippen LogP contribution in [-0.2, 0) is 11.3 Å². The van der Waals surface area contributed by atoms with Crippen LogP contribution in [0.1, 0.15) is 54.6 Å². The van der Waals surface area contributed by atoms with E-state index in [1.807, 2.05) is 18.2 Å².